The van der Waals surface area contributed by atoms with Crippen LogP contribution in [-0.2, 0) is 8.98 Å². The summed E-state index contributed by atoms with van der Waals surface area (Å²) >= 11 is 1.29. The molecule has 0 radical (unpaired) electrons. The third kappa shape index (κ3) is 21.6. The molecule has 0 amide bonds. The van der Waals surface area contributed by atoms with E-state index in [1.165, 1.54) is 102 Å². The maximum absolute atomic E-state index is 10.6. The van der Waals surface area contributed by atoms with Gasteiger partial charge < -0.3 is 4.18 Å². The van der Waals surface area contributed by atoms with Crippen molar-refractivity contribution in [2.24, 2.45) is 0 Å². The van der Waals surface area contributed by atoms with Gasteiger partial charge in [0.25, 0.3) is 0 Å². The van der Waals surface area contributed by atoms with Gasteiger partial charge in [0.05, 0.1) is 12.0 Å². The highest BCUT2D eigenvalue weighted by atomic mass is 32.2. The molecule has 0 aromatic heterocycles. The van der Waals surface area contributed by atoms with Crippen LogP contribution in [0.2, 0.25) is 0 Å². The first kappa shape index (κ1) is 22.6. The molecule has 0 fully saturated rings. The highest BCUT2D eigenvalue weighted by Gasteiger charge is 1.95. The molecule has 0 bridgehead atoms. The van der Waals surface area contributed by atoms with Gasteiger partial charge in [-0.3, -0.25) is 4.79 Å². The topological polar surface area (TPSA) is 26.3 Å². The number of hydrogen-bond acceptors (Lipinski definition) is 3. The van der Waals surface area contributed by atoms with E-state index >= 15 is 0 Å². The maximum Gasteiger partial charge on any atom is 0.314 e. The van der Waals surface area contributed by atoms with Crippen LogP contribution in [0.25, 0.3) is 0 Å². The molecule has 0 aliphatic carbocycles. The standard InChI is InChI=1S/C20H38O2S/c1-3-4-5-6-7-8-9-10-11-12-13-14-15-16-17-18-19-23-22-20(2)21/h10-11H,3-9,12-19H2,1-2H3/b11-10-. The Hall–Kier alpha value is -0.440. The first-order chi connectivity index (χ1) is 11.3. The second-order valence-electron chi connectivity index (χ2n) is 6.33. The Morgan fingerprint density at radius 3 is 1.78 bits per heavy atom. The average Bonchev–Trinajstić information content (AvgIpc) is 2.53. The Balaban J connectivity index is 3.06. The minimum absolute atomic E-state index is 0.195. The molecule has 2 nitrogen and oxygen atoms in total. The van der Waals surface area contributed by atoms with E-state index in [0.717, 1.165) is 12.2 Å². The summed E-state index contributed by atoms with van der Waals surface area (Å²) in [5.41, 5.74) is 0. The van der Waals surface area contributed by atoms with E-state index in [1.807, 2.05) is 0 Å². The van der Waals surface area contributed by atoms with Crippen LogP contribution >= 0.6 is 12.0 Å². The molecule has 0 spiro atoms. The summed E-state index contributed by atoms with van der Waals surface area (Å²) in [7, 11) is 0. The third-order valence-electron chi connectivity index (χ3n) is 3.92. The average molecular weight is 343 g/mol. The van der Waals surface area contributed by atoms with Gasteiger partial charge in [-0.15, -0.1) is 0 Å². The van der Waals surface area contributed by atoms with Crippen LogP contribution < -0.4 is 0 Å². The highest BCUT2D eigenvalue weighted by Crippen LogP contribution is 2.12. The molecule has 0 atom stereocenters. The summed E-state index contributed by atoms with van der Waals surface area (Å²) < 4.78 is 4.84. The van der Waals surface area contributed by atoms with Crippen molar-refractivity contribution in [3.05, 3.63) is 12.2 Å². The van der Waals surface area contributed by atoms with Crippen LogP contribution in [0.4, 0.5) is 0 Å². The van der Waals surface area contributed by atoms with E-state index in [4.69, 9.17) is 4.18 Å². The molecule has 3 heteroatoms. The van der Waals surface area contributed by atoms with E-state index in [1.54, 1.807) is 0 Å². The van der Waals surface area contributed by atoms with Gasteiger partial charge in [0.1, 0.15) is 0 Å². The summed E-state index contributed by atoms with van der Waals surface area (Å²) in [4.78, 5) is 10.6. The number of hydrogen-bond donors (Lipinski definition) is 0. The summed E-state index contributed by atoms with van der Waals surface area (Å²) in [5.74, 6) is 0.736. The molecule has 0 aromatic rings. The third-order valence-corrected chi connectivity index (χ3v) is 4.72. The van der Waals surface area contributed by atoms with Crippen LogP contribution in [0.3, 0.4) is 0 Å². The molecule has 0 unspecified atom stereocenters. The Kier molecular flexibility index (Phi) is 19.2. The summed E-state index contributed by atoms with van der Waals surface area (Å²) in [6, 6.07) is 0. The second kappa shape index (κ2) is 19.6. The zero-order valence-electron chi connectivity index (χ0n) is 15.5. The van der Waals surface area contributed by atoms with E-state index in [9.17, 15) is 4.79 Å². The summed E-state index contributed by atoms with van der Waals surface area (Å²) in [6.07, 6.45) is 23.3. The molecular formula is C20H38O2S. The Bertz CT molecular complexity index is 277. The van der Waals surface area contributed by atoms with Crippen molar-refractivity contribution < 1.29 is 8.98 Å². The minimum Gasteiger partial charge on any atom is -0.392 e. The van der Waals surface area contributed by atoms with E-state index in [2.05, 4.69) is 19.1 Å². The molecular weight excluding hydrogens is 304 g/mol. The highest BCUT2D eigenvalue weighted by molar-refractivity contribution is 7.95. The zero-order valence-corrected chi connectivity index (χ0v) is 16.3. The lowest BCUT2D eigenvalue weighted by molar-refractivity contribution is -0.130. The van der Waals surface area contributed by atoms with Crippen LogP contribution in [0.15, 0.2) is 12.2 Å². The molecule has 0 aromatic carbocycles. The summed E-state index contributed by atoms with van der Waals surface area (Å²) in [6.45, 7) is 3.72. The van der Waals surface area contributed by atoms with Gasteiger partial charge in [-0.1, -0.05) is 76.9 Å². The lowest BCUT2D eigenvalue weighted by atomic mass is 10.1. The van der Waals surface area contributed by atoms with Crippen LogP contribution in [0, 0.1) is 0 Å². The van der Waals surface area contributed by atoms with Gasteiger partial charge in [-0.2, -0.15) is 0 Å². The molecule has 0 aliphatic rings. The molecule has 0 N–H and O–H groups in total. The van der Waals surface area contributed by atoms with E-state index < -0.39 is 0 Å². The van der Waals surface area contributed by atoms with Gasteiger partial charge in [0.15, 0.2) is 0 Å². The number of rotatable bonds is 17. The van der Waals surface area contributed by atoms with Gasteiger partial charge in [0, 0.05) is 12.7 Å². The first-order valence-electron chi connectivity index (χ1n) is 9.72. The predicted octanol–water partition coefficient (Wildman–Crippen LogP) is 7.24. The quantitative estimate of drug-likeness (QED) is 0.158. The minimum atomic E-state index is -0.195. The predicted molar refractivity (Wildman–Crippen MR) is 104 cm³/mol. The van der Waals surface area contributed by atoms with Gasteiger partial charge in [-0.25, -0.2) is 0 Å². The number of allylic oxidation sites excluding steroid dienone is 2. The van der Waals surface area contributed by atoms with Crippen molar-refractivity contribution in [3.8, 4) is 0 Å². The Morgan fingerprint density at radius 1 is 0.783 bits per heavy atom. The zero-order chi connectivity index (χ0) is 17.0. The van der Waals surface area contributed by atoms with E-state index in [0.29, 0.717) is 0 Å². The van der Waals surface area contributed by atoms with Crippen molar-refractivity contribution in [1.29, 1.82) is 0 Å². The lowest BCUT2D eigenvalue weighted by Crippen LogP contribution is -1.91. The van der Waals surface area contributed by atoms with E-state index in [-0.39, 0.29) is 5.97 Å². The van der Waals surface area contributed by atoms with Gasteiger partial charge >= 0.3 is 5.97 Å². The fourth-order valence-corrected chi connectivity index (χ4v) is 3.10. The normalized spacial score (nSPS) is 11.2. The van der Waals surface area contributed by atoms with Crippen LogP contribution in [-0.4, -0.2) is 11.7 Å². The van der Waals surface area contributed by atoms with Gasteiger partial charge in [-0.05, 0) is 32.1 Å². The molecule has 23 heavy (non-hydrogen) atoms. The fraction of sp³-hybridized carbons (Fsp3) is 0.850. The molecule has 0 aliphatic heterocycles. The van der Waals surface area contributed by atoms with Crippen LogP contribution in [0.1, 0.15) is 104 Å². The molecule has 0 heterocycles. The van der Waals surface area contributed by atoms with Crippen molar-refractivity contribution in [1.82, 2.24) is 0 Å². The molecule has 0 saturated carbocycles. The number of unbranched alkanes of at least 4 members (excludes halogenated alkanes) is 12. The van der Waals surface area contributed by atoms with Crippen molar-refractivity contribution in [2.75, 3.05) is 5.75 Å². The van der Waals surface area contributed by atoms with Gasteiger partial charge in [0.2, 0.25) is 0 Å². The SMILES string of the molecule is CCCCCCCC/C=C\CCCCCCCCSOC(C)=O. The largest absolute Gasteiger partial charge is 0.392 e. The second-order valence-corrected chi connectivity index (χ2v) is 7.15. The van der Waals surface area contributed by atoms with Crippen molar-refractivity contribution >= 4 is 18.0 Å². The van der Waals surface area contributed by atoms with Crippen molar-refractivity contribution in [2.45, 2.75) is 104 Å². The monoisotopic (exact) mass is 342 g/mol. The maximum atomic E-state index is 10.6. The Labute approximate surface area is 149 Å². The lowest BCUT2D eigenvalue weighted by Gasteiger charge is -2.01. The number of carbonyl (C=O) groups is 1. The Morgan fingerprint density at radius 2 is 1.26 bits per heavy atom. The first-order valence-corrected chi connectivity index (χ1v) is 10.6. The molecule has 136 valence electrons. The van der Waals surface area contributed by atoms with Crippen molar-refractivity contribution in [3.63, 3.8) is 0 Å². The smallest absolute Gasteiger partial charge is 0.314 e. The fourth-order valence-electron chi connectivity index (χ4n) is 2.53. The molecule has 0 rings (SSSR count). The number of carbonyl (C=O) groups excluding carboxylic acids is 1. The molecule has 0 saturated heterocycles. The summed E-state index contributed by atoms with van der Waals surface area (Å²) in [5, 5.41) is 0. The van der Waals surface area contributed by atoms with Crippen LogP contribution in [0.5, 0.6) is 0 Å².